The maximum atomic E-state index is 13.3. The lowest BCUT2D eigenvalue weighted by atomic mass is 10.2. The van der Waals surface area contributed by atoms with Crippen LogP contribution in [0.1, 0.15) is 10.4 Å². The van der Waals surface area contributed by atoms with Crippen molar-refractivity contribution in [1.82, 2.24) is 0 Å². The normalized spacial score (nSPS) is 9.85. The van der Waals surface area contributed by atoms with Crippen LogP contribution in [0, 0.1) is 5.82 Å². The van der Waals surface area contributed by atoms with E-state index in [1.165, 1.54) is 13.2 Å². The lowest BCUT2D eigenvalue weighted by Gasteiger charge is -2.03. The molecule has 1 aromatic rings. The van der Waals surface area contributed by atoms with E-state index in [1.54, 1.807) is 6.07 Å². The number of carbonyl (C=O) groups excluding carboxylic acids is 1. The minimum Gasteiger partial charge on any atom is -0.465 e. The Balaban J connectivity index is 3.26. The Labute approximate surface area is 91.3 Å². The highest BCUT2D eigenvalue weighted by molar-refractivity contribution is 9.13. The molecule has 13 heavy (non-hydrogen) atoms. The summed E-state index contributed by atoms with van der Waals surface area (Å²) >= 11 is 6.11. The van der Waals surface area contributed by atoms with Gasteiger partial charge >= 0.3 is 5.97 Å². The summed E-state index contributed by atoms with van der Waals surface area (Å²) in [7, 11) is 1.21. The van der Waals surface area contributed by atoms with Gasteiger partial charge in [0, 0.05) is 4.47 Å². The number of methoxy groups -OCH3 is 1. The molecular weight excluding hydrogens is 307 g/mol. The topological polar surface area (TPSA) is 26.3 Å². The number of esters is 1. The highest BCUT2D eigenvalue weighted by Crippen LogP contribution is 2.28. The van der Waals surface area contributed by atoms with Crippen LogP contribution in [0.2, 0.25) is 0 Å². The van der Waals surface area contributed by atoms with E-state index in [2.05, 4.69) is 36.6 Å². The van der Waals surface area contributed by atoms with Gasteiger partial charge in [0.1, 0.15) is 0 Å². The first-order valence-electron chi connectivity index (χ1n) is 3.29. The van der Waals surface area contributed by atoms with E-state index in [9.17, 15) is 9.18 Å². The molecule has 0 atom stereocenters. The zero-order valence-corrected chi connectivity index (χ0v) is 9.78. The molecule has 0 amide bonds. The SMILES string of the molecule is COC(=O)c1ccc(Br)c(Br)c1F. The van der Waals surface area contributed by atoms with Crippen LogP contribution >= 0.6 is 31.9 Å². The number of halogens is 3. The maximum absolute atomic E-state index is 13.3. The number of benzene rings is 1. The summed E-state index contributed by atoms with van der Waals surface area (Å²) in [5, 5.41) is 0. The molecule has 1 aromatic carbocycles. The van der Waals surface area contributed by atoms with Gasteiger partial charge in [-0.1, -0.05) is 0 Å². The fraction of sp³-hybridized carbons (Fsp3) is 0.125. The Morgan fingerprint density at radius 3 is 2.62 bits per heavy atom. The van der Waals surface area contributed by atoms with E-state index in [4.69, 9.17) is 0 Å². The molecule has 0 fully saturated rings. The van der Waals surface area contributed by atoms with Gasteiger partial charge in [-0.15, -0.1) is 0 Å². The molecule has 2 nitrogen and oxygen atoms in total. The van der Waals surface area contributed by atoms with Gasteiger partial charge in [-0.2, -0.15) is 0 Å². The lowest BCUT2D eigenvalue weighted by Crippen LogP contribution is -2.04. The van der Waals surface area contributed by atoms with Crippen molar-refractivity contribution in [1.29, 1.82) is 0 Å². The van der Waals surface area contributed by atoms with E-state index >= 15 is 0 Å². The molecule has 0 unspecified atom stereocenters. The fourth-order valence-corrected chi connectivity index (χ4v) is 1.45. The third-order valence-corrected chi connectivity index (χ3v) is 3.41. The number of carbonyl (C=O) groups is 1. The van der Waals surface area contributed by atoms with Crippen molar-refractivity contribution in [2.45, 2.75) is 0 Å². The minimum atomic E-state index is -0.689. The molecule has 1 rings (SSSR count). The van der Waals surface area contributed by atoms with Crippen molar-refractivity contribution >= 4 is 37.8 Å². The van der Waals surface area contributed by atoms with Crippen LogP contribution in [0.4, 0.5) is 4.39 Å². The zero-order valence-electron chi connectivity index (χ0n) is 6.61. The first kappa shape index (κ1) is 10.7. The molecule has 0 saturated heterocycles. The van der Waals surface area contributed by atoms with Crippen molar-refractivity contribution in [3.63, 3.8) is 0 Å². The van der Waals surface area contributed by atoms with Gasteiger partial charge in [-0.25, -0.2) is 9.18 Å². The molecule has 0 aromatic heterocycles. The van der Waals surface area contributed by atoms with Crippen LogP contribution in [-0.4, -0.2) is 13.1 Å². The van der Waals surface area contributed by atoms with Crippen LogP contribution in [0.3, 0.4) is 0 Å². The van der Waals surface area contributed by atoms with Gasteiger partial charge in [-0.3, -0.25) is 0 Å². The molecule has 70 valence electrons. The van der Waals surface area contributed by atoms with Crippen molar-refractivity contribution < 1.29 is 13.9 Å². The summed E-state index contributed by atoms with van der Waals surface area (Å²) in [5.41, 5.74) is -0.0856. The minimum absolute atomic E-state index is 0.0856. The third-order valence-electron chi connectivity index (χ3n) is 1.44. The predicted molar refractivity (Wildman–Crippen MR) is 53.1 cm³/mol. The van der Waals surface area contributed by atoms with E-state index in [1.807, 2.05) is 0 Å². The number of ether oxygens (including phenoxy) is 1. The average Bonchev–Trinajstić information content (AvgIpc) is 2.13. The zero-order chi connectivity index (χ0) is 10.0. The van der Waals surface area contributed by atoms with E-state index in [-0.39, 0.29) is 10.0 Å². The number of rotatable bonds is 1. The molecule has 0 spiro atoms. The van der Waals surface area contributed by atoms with Gasteiger partial charge in [-0.05, 0) is 44.0 Å². The standard InChI is InChI=1S/C8H5Br2FO2/c1-13-8(12)4-2-3-5(9)6(10)7(4)11/h2-3H,1H3. The Kier molecular flexibility index (Phi) is 3.44. The second kappa shape index (κ2) is 4.19. The second-order valence-electron chi connectivity index (χ2n) is 2.21. The van der Waals surface area contributed by atoms with Gasteiger partial charge in [0.2, 0.25) is 0 Å². The van der Waals surface area contributed by atoms with Gasteiger partial charge in [0.15, 0.2) is 5.82 Å². The van der Waals surface area contributed by atoms with Crippen LogP contribution in [0.15, 0.2) is 21.1 Å². The highest BCUT2D eigenvalue weighted by atomic mass is 79.9. The van der Waals surface area contributed by atoms with Crippen LogP contribution in [0.5, 0.6) is 0 Å². The summed E-state index contributed by atoms with van der Waals surface area (Å²) in [6.45, 7) is 0. The van der Waals surface area contributed by atoms with Crippen molar-refractivity contribution in [2.75, 3.05) is 7.11 Å². The molecule has 0 saturated carbocycles. The van der Waals surface area contributed by atoms with Crippen LogP contribution < -0.4 is 0 Å². The Morgan fingerprint density at radius 1 is 1.46 bits per heavy atom. The predicted octanol–water partition coefficient (Wildman–Crippen LogP) is 3.14. The summed E-state index contributed by atoms with van der Waals surface area (Å²) in [6, 6.07) is 2.93. The van der Waals surface area contributed by atoms with Gasteiger partial charge < -0.3 is 4.74 Å². The molecule has 0 heterocycles. The third kappa shape index (κ3) is 2.08. The monoisotopic (exact) mass is 310 g/mol. The van der Waals surface area contributed by atoms with Crippen molar-refractivity contribution in [3.05, 3.63) is 32.5 Å². The Morgan fingerprint density at radius 2 is 2.08 bits per heavy atom. The van der Waals surface area contributed by atoms with Crippen molar-refractivity contribution in [2.24, 2.45) is 0 Å². The largest absolute Gasteiger partial charge is 0.465 e. The quantitative estimate of drug-likeness (QED) is 0.588. The second-order valence-corrected chi connectivity index (χ2v) is 3.86. The molecule has 0 aliphatic carbocycles. The Hall–Kier alpha value is -0.420. The van der Waals surface area contributed by atoms with Gasteiger partial charge in [0.25, 0.3) is 0 Å². The van der Waals surface area contributed by atoms with E-state index in [0.717, 1.165) is 0 Å². The molecule has 0 aliphatic heterocycles. The van der Waals surface area contributed by atoms with Crippen LogP contribution in [0.25, 0.3) is 0 Å². The Bertz CT molecular complexity index is 352. The van der Waals surface area contributed by atoms with Crippen molar-refractivity contribution in [3.8, 4) is 0 Å². The van der Waals surface area contributed by atoms with Gasteiger partial charge in [0.05, 0.1) is 17.1 Å². The molecular formula is C8H5Br2FO2. The highest BCUT2D eigenvalue weighted by Gasteiger charge is 2.15. The average molecular weight is 312 g/mol. The van der Waals surface area contributed by atoms with E-state index in [0.29, 0.717) is 4.47 Å². The summed E-state index contributed by atoms with van der Waals surface area (Å²) in [6.07, 6.45) is 0. The molecule has 0 aliphatic rings. The number of hydrogen-bond donors (Lipinski definition) is 0. The molecule has 0 N–H and O–H groups in total. The lowest BCUT2D eigenvalue weighted by molar-refractivity contribution is 0.0595. The molecule has 0 radical (unpaired) electrons. The summed E-state index contributed by atoms with van der Waals surface area (Å²) in [5.74, 6) is -1.31. The first-order valence-corrected chi connectivity index (χ1v) is 4.88. The smallest absolute Gasteiger partial charge is 0.340 e. The van der Waals surface area contributed by atoms with Crippen LogP contribution in [-0.2, 0) is 4.74 Å². The summed E-state index contributed by atoms with van der Waals surface area (Å²) < 4.78 is 18.5. The fourth-order valence-electron chi connectivity index (χ4n) is 0.794. The number of hydrogen-bond acceptors (Lipinski definition) is 2. The molecule has 5 heteroatoms. The summed E-state index contributed by atoms with van der Waals surface area (Å²) in [4.78, 5) is 11.0. The first-order chi connectivity index (χ1) is 6.07. The molecule has 0 bridgehead atoms. The maximum Gasteiger partial charge on any atom is 0.340 e. The van der Waals surface area contributed by atoms with E-state index < -0.39 is 11.8 Å².